The van der Waals surface area contributed by atoms with Crippen LogP contribution in [0.3, 0.4) is 0 Å². The number of piperazine rings is 1. The lowest BCUT2D eigenvalue weighted by atomic mass is 9.98. The summed E-state index contributed by atoms with van der Waals surface area (Å²) in [6.07, 6.45) is 3.48. The summed E-state index contributed by atoms with van der Waals surface area (Å²) >= 11 is 0. The first-order valence-electron chi connectivity index (χ1n) is 9.50. The maximum Gasteiger partial charge on any atom is 0.310 e. The van der Waals surface area contributed by atoms with E-state index in [1.54, 1.807) is 0 Å². The van der Waals surface area contributed by atoms with E-state index in [-0.39, 0.29) is 17.8 Å². The SMILES string of the molecule is CCOC(=O)C1CCCN(C(=O)CN2CCN(c3ccccn3)CC2)C1. The van der Waals surface area contributed by atoms with Crippen molar-refractivity contribution in [3.05, 3.63) is 24.4 Å². The molecule has 0 radical (unpaired) electrons. The van der Waals surface area contributed by atoms with Gasteiger partial charge in [0.25, 0.3) is 0 Å². The molecular formula is C19H28N4O3. The molecule has 2 fully saturated rings. The van der Waals surface area contributed by atoms with Crippen molar-refractivity contribution in [1.82, 2.24) is 14.8 Å². The first-order chi connectivity index (χ1) is 12.7. The lowest BCUT2D eigenvalue weighted by Gasteiger charge is -2.37. The number of amides is 1. The van der Waals surface area contributed by atoms with Crippen LogP contribution in [0, 0.1) is 5.92 Å². The molecule has 1 unspecified atom stereocenters. The van der Waals surface area contributed by atoms with E-state index in [0.717, 1.165) is 51.4 Å². The van der Waals surface area contributed by atoms with Crippen molar-refractivity contribution < 1.29 is 14.3 Å². The Kier molecular flexibility index (Phi) is 6.44. The number of aromatic nitrogens is 1. The second-order valence-corrected chi connectivity index (χ2v) is 6.88. The number of rotatable bonds is 5. The number of ether oxygens (including phenoxy) is 1. The van der Waals surface area contributed by atoms with Gasteiger partial charge in [-0.05, 0) is 31.9 Å². The Balaban J connectivity index is 1.46. The topological polar surface area (TPSA) is 66.0 Å². The van der Waals surface area contributed by atoms with Gasteiger partial charge in [0.1, 0.15) is 5.82 Å². The molecule has 26 heavy (non-hydrogen) atoms. The van der Waals surface area contributed by atoms with E-state index >= 15 is 0 Å². The van der Waals surface area contributed by atoms with Crippen molar-refractivity contribution in [1.29, 1.82) is 0 Å². The lowest BCUT2D eigenvalue weighted by Crippen LogP contribution is -2.52. The van der Waals surface area contributed by atoms with Gasteiger partial charge in [-0.3, -0.25) is 14.5 Å². The average molecular weight is 360 g/mol. The maximum atomic E-state index is 12.7. The minimum Gasteiger partial charge on any atom is -0.466 e. The number of esters is 1. The molecule has 0 aromatic carbocycles. The number of hydrogen-bond acceptors (Lipinski definition) is 6. The first-order valence-corrected chi connectivity index (χ1v) is 9.50. The number of anilines is 1. The van der Waals surface area contributed by atoms with E-state index in [1.165, 1.54) is 0 Å². The Labute approximate surface area is 154 Å². The van der Waals surface area contributed by atoms with Gasteiger partial charge in [-0.25, -0.2) is 4.98 Å². The summed E-state index contributed by atoms with van der Waals surface area (Å²) in [5, 5.41) is 0. The summed E-state index contributed by atoms with van der Waals surface area (Å²) in [7, 11) is 0. The standard InChI is InChI=1S/C19H28N4O3/c1-2-26-19(25)16-6-5-9-23(14-16)18(24)15-21-10-12-22(13-11-21)17-7-3-4-8-20-17/h3-4,7-8,16H,2,5-6,9-15H2,1H3. The van der Waals surface area contributed by atoms with Gasteiger partial charge >= 0.3 is 5.97 Å². The van der Waals surface area contributed by atoms with E-state index in [2.05, 4.69) is 14.8 Å². The summed E-state index contributed by atoms with van der Waals surface area (Å²) in [6, 6.07) is 5.93. The highest BCUT2D eigenvalue weighted by Crippen LogP contribution is 2.19. The smallest absolute Gasteiger partial charge is 0.310 e. The molecule has 0 spiro atoms. The van der Waals surface area contributed by atoms with Crippen molar-refractivity contribution in [3.63, 3.8) is 0 Å². The third-order valence-corrected chi connectivity index (χ3v) is 5.10. The molecule has 0 saturated carbocycles. The molecule has 1 atom stereocenters. The van der Waals surface area contributed by atoms with Crippen LogP contribution in [0.25, 0.3) is 0 Å². The van der Waals surface area contributed by atoms with Crippen LogP contribution in [-0.4, -0.2) is 79.1 Å². The van der Waals surface area contributed by atoms with Gasteiger partial charge in [0.05, 0.1) is 19.1 Å². The highest BCUT2D eigenvalue weighted by Gasteiger charge is 2.30. The molecule has 7 nitrogen and oxygen atoms in total. The Hall–Kier alpha value is -2.15. The number of pyridine rings is 1. The summed E-state index contributed by atoms with van der Waals surface area (Å²) in [5.74, 6) is 0.764. The normalized spacial score (nSPS) is 21.5. The minimum absolute atomic E-state index is 0.116. The minimum atomic E-state index is -0.173. The van der Waals surface area contributed by atoms with Gasteiger partial charge in [-0.2, -0.15) is 0 Å². The van der Waals surface area contributed by atoms with Crippen molar-refractivity contribution in [2.45, 2.75) is 19.8 Å². The number of carbonyl (C=O) groups excluding carboxylic acids is 2. The van der Waals surface area contributed by atoms with E-state index in [4.69, 9.17) is 4.74 Å². The lowest BCUT2D eigenvalue weighted by molar-refractivity contribution is -0.151. The fraction of sp³-hybridized carbons (Fsp3) is 0.632. The zero-order valence-corrected chi connectivity index (χ0v) is 15.5. The summed E-state index contributed by atoms with van der Waals surface area (Å²) in [5.41, 5.74) is 0. The van der Waals surface area contributed by atoms with Crippen LogP contribution in [0.4, 0.5) is 5.82 Å². The molecule has 142 valence electrons. The van der Waals surface area contributed by atoms with Crippen molar-refractivity contribution >= 4 is 17.7 Å². The van der Waals surface area contributed by atoms with E-state index in [0.29, 0.717) is 19.7 Å². The van der Waals surface area contributed by atoms with Crippen LogP contribution in [0.5, 0.6) is 0 Å². The quantitative estimate of drug-likeness (QED) is 0.730. The first kappa shape index (κ1) is 18.6. The van der Waals surface area contributed by atoms with Crippen LogP contribution in [-0.2, 0) is 14.3 Å². The largest absolute Gasteiger partial charge is 0.466 e. The highest BCUT2D eigenvalue weighted by molar-refractivity contribution is 5.80. The predicted octanol–water partition coefficient (Wildman–Crippen LogP) is 1.01. The third-order valence-electron chi connectivity index (χ3n) is 5.10. The molecule has 2 aliphatic heterocycles. The van der Waals surface area contributed by atoms with Crippen LogP contribution < -0.4 is 4.90 Å². The molecule has 3 rings (SSSR count). The Morgan fingerprint density at radius 3 is 2.69 bits per heavy atom. The van der Waals surface area contributed by atoms with E-state index < -0.39 is 0 Å². The second kappa shape index (κ2) is 8.98. The van der Waals surface area contributed by atoms with Gasteiger partial charge in [0.15, 0.2) is 0 Å². The third kappa shape index (κ3) is 4.72. The van der Waals surface area contributed by atoms with Crippen LogP contribution in [0.15, 0.2) is 24.4 Å². The molecule has 1 amide bonds. The van der Waals surface area contributed by atoms with E-state index in [1.807, 2.05) is 36.2 Å². The number of piperidine rings is 1. The van der Waals surface area contributed by atoms with Gasteiger partial charge in [0.2, 0.25) is 5.91 Å². The molecule has 2 saturated heterocycles. The molecule has 1 aromatic heterocycles. The predicted molar refractivity (Wildman–Crippen MR) is 98.8 cm³/mol. The molecule has 7 heteroatoms. The maximum absolute atomic E-state index is 12.7. The Morgan fingerprint density at radius 2 is 2.00 bits per heavy atom. The zero-order chi connectivity index (χ0) is 18.4. The molecule has 2 aliphatic rings. The van der Waals surface area contributed by atoms with Gasteiger partial charge in [-0.1, -0.05) is 6.07 Å². The van der Waals surface area contributed by atoms with Crippen LogP contribution >= 0.6 is 0 Å². The van der Waals surface area contributed by atoms with Crippen molar-refractivity contribution in [3.8, 4) is 0 Å². The van der Waals surface area contributed by atoms with Crippen molar-refractivity contribution in [2.24, 2.45) is 5.92 Å². The van der Waals surface area contributed by atoms with Crippen LogP contribution in [0.2, 0.25) is 0 Å². The molecule has 0 N–H and O–H groups in total. The van der Waals surface area contributed by atoms with Gasteiger partial charge in [-0.15, -0.1) is 0 Å². The molecule has 0 aliphatic carbocycles. The fourth-order valence-corrected chi connectivity index (χ4v) is 3.62. The Bertz CT molecular complexity index is 602. The summed E-state index contributed by atoms with van der Waals surface area (Å²) < 4.78 is 5.11. The van der Waals surface area contributed by atoms with E-state index in [9.17, 15) is 9.59 Å². The van der Waals surface area contributed by atoms with Gasteiger partial charge < -0.3 is 14.5 Å². The summed E-state index contributed by atoms with van der Waals surface area (Å²) in [4.78, 5) is 35.3. The zero-order valence-electron chi connectivity index (χ0n) is 15.5. The molecular weight excluding hydrogens is 332 g/mol. The number of carbonyl (C=O) groups is 2. The fourth-order valence-electron chi connectivity index (χ4n) is 3.62. The van der Waals surface area contributed by atoms with Crippen molar-refractivity contribution in [2.75, 3.05) is 57.3 Å². The molecule has 1 aromatic rings. The molecule has 3 heterocycles. The molecule has 0 bridgehead atoms. The number of likely N-dealkylation sites (tertiary alicyclic amines) is 1. The number of nitrogens with zero attached hydrogens (tertiary/aromatic N) is 4. The van der Waals surface area contributed by atoms with Crippen LogP contribution in [0.1, 0.15) is 19.8 Å². The average Bonchev–Trinajstić information content (AvgIpc) is 2.69. The Morgan fingerprint density at radius 1 is 1.19 bits per heavy atom. The second-order valence-electron chi connectivity index (χ2n) is 6.88. The summed E-state index contributed by atoms with van der Waals surface area (Å²) in [6.45, 7) is 7.29. The van der Waals surface area contributed by atoms with Gasteiger partial charge in [0, 0.05) is 45.5 Å². The number of hydrogen-bond donors (Lipinski definition) is 0. The highest BCUT2D eigenvalue weighted by atomic mass is 16.5. The monoisotopic (exact) mass is 360 g/mol.